The van der Waals surface area contributed by atoms with Crippen molar-refractivity contribution in [3.8, 4) is 10.6 Å². The average Bonchev–Trinajstić information content (AvgIpc) is 2.77. The van der Waals surface area contributed by atoms with Crippen LogP contribution in [0.1, 0.15) is 24.2 Å². The molecular formula is C12H10F4N2S. The summed E-state index contributed by atoms with van der Waals surface area (Å²) < 4.78 is 51.7. The standard InChI is InChI=1S/C12H10F4N2S/c1-6(17)9-5-19-11(18-9)7-3-2-4-8(10(7)13)12(14,15)16/h2-6H,17H2,1H3. The lowest BCUT2D eigenvalue weighted by Gasteiger charge is -2.09. The Bertz CT molecular complexity index is 590. The number of benzene rings is 1. The lowest BCUT2D eigenvalue weighted by Crippen LogP contribution is -2.09. The van der Waals surface area contributed by atoms with Gasteiger partial charge in [-0.05, 0) is 19.1 Å². The summed E-state index contributed by atoms with van der Waals surface area (Å²) in [5.41, 5.74) is 4.69. The van der Waals surface area contributed by atoms with Gasteiger partial charge in [-0.25, -0.2) is 9.37 Å². The van der Waals surface area contributed by atoms with Gasteiger partial charge in [-0.15, -0.1) is 11.3 Å². The smallest absolute Gasteiger partial charge is 0.323 e. The first-order chi connectivity index (χ1) is 8.80. The van der Waals surface area contributed by atoms with Crippen molar-refractivity contribution < 1.29 is 17.6 Å². The van der Waals surface area contributed by atoms with Gasteiger partial charge < -0.3 is 5.73 Å². The van der Waals surface area contributed by atoms with Gasteiger partial charge in [-0.2, -0.15) is 13.2 Å². The number of thiazole rings is 1. The van der Waals surface area contributed by atoms with Gasteiger partial charge in [0.05, 0.1) is 11.3 Å². The first kappa shape index (κ1) is 14.0. The Hall–Kier alpha value is -1.47. The molecule has 2 N–H and O–H groups in total. The van der Waals surface area contributed by atoms with Crippen LogP contribution in [0, 0.1) is 5.82 Å². The summed E-state index contributed by atoms with van der Waals surface area (Å²) in [6.07, 6.45) is -4.72. The first-order valence-electron chi connectivity index (χ1n) is 5.38. The quantitative estimate of drug-likeness (QED) is 0.849. The Morgan fingerprint density at radius 2 is 2.00 bits per heavy atom. The number of halogens is 4. The predicted molar refractivity (Wildman–Crippen MR) is 65.1 cm³/mol. The predicted octanol–water partition coefficient (Wildman–Crippen LogP) is 3.99. The summed E-state index contributed by atoms with van der Waals surface area (Å²) in [7, 11) is 0. The molecule has 1 aromatic carbocycles. The fourth-order valence-electron chi connectivity index (χ4n) is 1.54. The molecule has 0 fully saturated rings. The molecule has 0 bridgehead atoms. The van der Waals surface area contributed by atoms with Crippen molar-refractivity contribution in [2.24, 2.45) is 5.73 Å². The molecule has 2 aromatic rings. The minimum Gasteiger partial charge on any atom is -0.323 e. The zero-order valence-corrected chi connectivity index (χ0v) is 10.6. The summed E-state index contributed by atoms with van der Waals surface area (Å²) in [6.45, 7) is 1.70. The van der Waals surface area contributed by atoms with Crippen LogP contribution < -0.4 is 5.73 Å². The van der Waals surface area contributed by atoms with E-state index < -0.39 is 17.6 Å². The SMILES string of the molecule is CC(N)c1csc(-c2cccc(C(F)(F)F)c2F)n1. The van der Waals surface area contributed by atoms with Gasteiger partial charge in [0.1, 0.15) is 10.8 Å². The summed E-state index contributed by atoms with van der Waals surface area (Å²) >= 11 is 1.07. The molecule has 0 saturated carbocycles. The molecule has 102 valence electrons. The van der Waals surface area contributed by atoms with Gasteiger partial charge in [0.15, 0.2) is 0 Å². The highest BCUT2D eigenvalue weighted by atomic mass is 32.1. The Balaban J connectivity index is 2.51. The van der Waals surface area contributed by atoms with E-state index in [-0.39, 0.29) is 16.6 Å². The van der Waals surface area contributed by atoms with E-state index >= 15 is 0 Å². The molecule has 1 unspecified atom stereocenters. The lowest BCUT2D eigenvalue weighted by atomic mass is 10.1. The molecule has 7 heteroatoms. The summed E-state index contributed by atoms with van der Waals surface area (Å²) in [5.74, 6) is -1.31. The fourth-order valence-corrected chi connectivity index (χ4v) is 2.48. The minimum absolute atomic E-state index is 0.160. The van der Waals surface area contributed by atoms with Crippen molar-refractivity contribution in [2.75, 3.05) is 0 Å². The van der Waals surface area contributed by atoms with Crippen LogP contribution >= 0.6 is 11.3 Å². The molecule has 1 atom stereocenters. The van der Waals surface area contributed by atoms with Crippen molar-refractivity contribution in [1.82, 2.24) is 4.98 Å². The maximum atomic E-state index is 13.9. The number of nitrogens with zero attached hydrogens (tertiary/aromatic N) is 1. The van der Waals surface area contributed by atoms with E-state index in [1.165, 1.54) is 6.07 Å². The number of alkyl halides is 3. The number of hydrogen-bond donors (Lipinski definition) is 1. The Morgan fingerprint density at radius 3 is 2.53 bits per heavy atom. The molecule has 1 heterocycles. The van der Waals surface area contributed by atoms with Gasteiger partial charge in [0, 0.05) is 17.0 Å². The maximum absolute atomic E-state index is 13.9. The van der Waals surface area contributed by atoms with E-state index in [1.807, 2.05) is 0 Å². The van der Waals surface area contributed by atoms with Crippen molar-refractivity contribution in [3.05, 3.63) is 40.7 Å². The van der Waals surface area contributed by atoms with Crippen molar-refractivity contribution in [3.63, 3.8) is 0 Å². The molecule has 0 spiro atoms. The van der Waals surface area contributed by atoms with E-state index in [9.17, 15) is 17.6 Å². The molecule has 2 rings (SSSR count). The molecule has 0 aliphatic carbocycles. The third kappa shape index (κ3) is 2.76. The van der Waals surface area contributed by atoms with Crippen LogP contribution in [0.2, 0.25) is 0 Å². The van der Waals surface area contributed by atoms with Gasteiger partial charge in [0.25, 0.3) is 0 Å². The van der Waals surface area contributed by atoms with Crippen LogP contribution in [0.4, 0.5) is 17.6 Å². The fraction of sp³-hybridized carbons (Fsp3) is 0.250. The molecule has 19 heavy (non-hydrogen) atoms. The molecule has 0 radical (unpaired) electrons. The van der Waals surface area contributed by atoms with Crippen molar-refractivity contribution in [1.29, 1.82) is 0 Å². The van der Waals surface area contributed by atoms with Gasteiger partial charge in [-0.3, -0.25) is 0 Å². The van der Waals surface area contributed by atoms with Crippen molar-refractivity contribution in [2.45, 2.75) is 19.1 Å². The topological polar surface area (TPSA) is 38.9 Å². The van der Waals surface area contributed by atoms with E-state index in [2.05, 4.69) is 4.98 Å². The summed E-state index contributed by atoms with van der Waals surface area (Å²) in [6, 6.07) is 2.79. The molecule has 1 aromatic heterocycles. The van der Waals surface area contributed by atoms with Gasteiger partial charge >= 0.3 is 6.18 Å². The third-order valence-electron chi connectivity index (χ3n) is 2.52. The van der Waals surface area contributed by atoms with E-state index in [0.717, 1.165) is 17.4 Å². The third-order valence-corrected chi connectivity index (χ3v) is 3.42. The molecule has 0 aliphatic rings. The lowest BCUT2D eigenvalue weighted by molar-refractivity contribution is -0.139. The zero-order chi connectivity index (χ0) is 14.2. The Kier molecular flexibility index (Phi) is 3.60. The van der Waals surface area contributed by atoms with Crippen LogP contribution in [0.5, 0.6) is 0 Å². The minimum atomic E-state index is -4.72. The van der Waals surface area contributed by atoms with Crippen LogP contribution in [0.25, 0.3) is 10.6 Å². The number of rotatable bonds is 2. The van der Waals surface area contributed by atoms with E-state index in [0.29, 0.717) is 11.8 Å². The summed E-state index contributed by atoms with van der Waals surface area (Å²) in [4.78, 5) is 4.05. The highest BCUT2D eigenvalue weighted by Crippen LogP contribution is 2.36. The van der Waals surface area contributed by atoms with Crippen LogP contribution in [0.3, 0.4) is 0 Å². The normalized spacial score (nSPS) is 13.6. The monoisotopic (exact) mass is 290 g/mol. The highest BCUT2D eigenvalue weighted by molar-refractivity contribution is 7.13. The zero-order valence-electron chi connectivity index (χ0n) is 9.83. The summed E-state index contributed by atoms with van der Waals surface area (Å²) in [5, 5.41) is 1.80. The largest absolute Gasteiger partial charge is 0.419 e. The number of hydrogen-bond acceptors (Lipinski definition) is 3. The van der Waals surface area contributed by atoms with E-state index in [4.69, 9.17) is 5.73 Å². The first-order valence-corrected chi connectivity index (χ1v) is 6.25. The molecule has 2 nitrogen and oxygen atoms in total. The molecular weight excluding hydrogens is 280 g/mol. The molecule has 0 saturated heterocycles. The van der Waals surface area contributed by atoms with E-state index in [1.54, 1.807) is 12.3 Å². The number of aromatic nitrogens is 1. The molecule has 0 amide bonds. The van der Waals surface area contributed by atoms with Gasteiger partial charge in [0.2, 0.25) is 0 Å². The second-order valence-electron chi connectivity index (χ2n) is 4.03. The number of nitrogens with two attached hydrogens (primary N) is 1. The van der Waals surface area contributed by atoms with Crippen molar-refractivity contribution >= 4 is 11.3 Å². The molecule has 0 aliphatic heterocycles. The second kappa shape index (κ2) is 4.90. The highest BCUT2D eigenvalue weighted by Gasteiger charge is 2.35. The van der Waals surface area contributed by atoms with Crippen LogP contribution in [0.15, 0.2) is 23.6 Å². The Morgan fingerprint density at radius 1 is 1.32 bits per heavy atom. The second-order valence-corrected chi connectivity index (χ2v) is 4.89. The van der Waals surface area contributed by atoms with Crippen LogP contribution in [-0.4, -0.2) is 4.98 Å². The van der Waals surface area contributed by atoms with Crippen LogP contribution in [-0.2, 0) is 6.18 Å². The average molecular weight is 290 g/mol. The maximum Gasteiger partial charge on any atom is 0.419 e. The van der Waals surface area contributed by atoms with Gasteiger partial charge in [-0.1, -0.05) is 6.07 Å². The Labute approximate surface area is 110 Å².